The van der Waals surface area contributed by atoms with E-state index in [2.05, 4.69) is 55.0 Å². The van der Waals surface area contributed by atoms with Gasteiger partial charge in [-0.15, -0.1) is 0 Å². The second kappa shape index (κ2) is 12.2. The Labute approximate surface area is 242 Å². The van der Waals surface area contributed by atoms with Crippen molar-refractivity contribution in [3.63, 3.8) is 0 Å². The van der Waals surface area contributed by atoms with E-state index in [0.29, 0.717) is 35.7 Å². The quantitative estimate of drug-likeness (QED) is 0.158. The number of hydrogen-bond acceptors (Lipinski definition) is 11. The molecular formula is C30H33N7O5. The van der Waals surface area contributed by atoms with Gasteiger partial charge in [0.2, 0.25) is 5.95 Å². The van der Waals surface area contributed by atoms with Crippen molar-refractivity contribution in [2.75, 3.05) is 30.3 Å². The number of imidazole rings is 1. The van der Waals surface area contributed by atoms with Crippen molar-refractivity contribution in [2.45, 2.75) is 43.8 Å². The van der Waals surface area contributed by atoms with Crippen LogP contribution < -0.4 is 10.6 Å². The summed E-state index contributed by atoms with van der Waals surface area (Å²) in [7, 11) is 0. The molecule has 1 aliphatic heterocycles. The van der Waals surface area contributed by atoms with Crippen LogP contribution in [0.5, 0.6) is 0 Å². The van der Waals surface area contributed by atoms with E-state index >= 15 is 0 Å². The highest BCUT2D eigenvalue weighted by Gasteiger charge is 2.47. The summed E-state index contributed by atoms with van der Waals surface area (Å²) >= 11 is 0. The Balaban J connectivity index is 1.33. The van der Waals surface area contributed by atoms with Gasteiger partial charge in [-0.1, -0.05) is 72.7 Å². The van der Waals surface area contributed by atoms with E-state index in [1.54, 1.807) is 10.6 Å². The van der Waals surface area contributed by atoms with Crippen LogP contribution in [0.25, 0.3) is 11.2 Å². The molecule has 5 N–H and O–H groups in total. The Morgan fingerprint density at radius 2 is 1.67 bits per heavy atom. The van der Waals surface area contributed by atoms with Gasteiger partial charge in [0.05, 0.1) is 18.6 Å². The van der Waals surface area contributed by atoms with E-state index in [1.807, 2.05) is 43.3 Å². The molecule has 0 unspecified atom stereocenters. The Morgan fingerprint density at radius 3 is 2.31 bits per heavy atom. The first-order valence-electron chi connectivity index (χ1n) is 14.0. The fourth-order valence-electron chi connectivity index (χ4n) is 5.22. The smallest absolute Gasteiger partial charge is 0.226 e. The van der Waals surface area contributed by atoms with Crippen LogP contribution >= 0.6 is 0 Å². The summed E-state index contributed by atoms with van der Waals surface area (Å²) in [4.78, 5) is 13.8. The predicted molar refractivity (Wildman–Crippen MR) is 155 cm³/mol. The third-order valence-electron chi connectivity index (χ3n) is 7.43. The van der Waals surface area contributed by atoms with Gasteiger partial charge < -0.3 is 35.2 Å². The van der Waals surface area contributed by atoms with Crippen LogP contribution in [0, 0.1) is 0 Å². The number of aromatic nitrogens is 5. The van der Waals surface area contributed by atoms with Gasteiger partial charge in [0.1, 0.15) is 18.3 Å². The molecule has 4 atom stereocenters. The monoisotopic (exact) mass is 571 g/mol. The number of hydrogen-bond donors (Lipinski definition) is 5. The van der Waals surface area contributed by atoms with Crippen LogP contribution in [-0.2, 0) is 11.2 Å². The number of fused-ring (bicyclic) bond motifs is 1. The fourth-order valence-corrected chi connectivity index (χ4v) is 5.22. The van der Waals surface area contributed by atoms with Gasteiger partial charge in [-0.25, -0.2) is 4.98 Å². The van der Waals surface area contributed by atoms with Gasteiger partial charge in [-0.3, -0.25) is 4.57 Å². The number of rotatable bonds is 11. The number of aryl methyl sites for hydroxylation is 1. The van der Waals surface area contributed by atoms with Gasteiger partial charge in [-0.05, 0) is 17.5 Å². The van der Waals surface area contributed by atoms with Crippen LogP contribution in [0.1, 0.15) is 47.8 Å². The van der Waals surface area contributed by atoms with Crippen LogP contribution in [0.15, 0.2) is 77.6 Å². The van der Waals surface area contributed by atoms with Crippen molar-refractivity contribution >= 4 is 22.9 Å². The Kier molecular flexibility index (Phi) is 8.11. The molecule has 0 spiro atoms. The zero-order valence-corrected chi connectivity index (χ0v) is 23.0. The molecule has 4 heterocycles. The number of aliphatic hydroxyl groups is 3. The molecule has 218 valence electrons. The lowest BCUT2D eigenvalue weighted by Crippen LogP contribution is -2.29. The van der Waals surface area contributed by atoms with Crippen molar-refractivity contribution < 1.29 is 24.6 Å². The zero-order chi connectivity index (χ0) is 29.1. The number of nitrogens with zero attached hydrogens (tertiary/aromatic N) is 5. The molecule has 42 heavy (non-hydrogen) atoms. The molecule has 12 nitrogen and oxygen atoms in total. The highest BCUT2D eigenvalue weighted by atomic mass is 16.6. The van der Waals surface area contributed by atoms with Gasteiger partial charge in [0.25, 0.3) is 0 Å². The maximum absolute atomic E-state index is 11.0. The zero-order valence-electron chi connectivity index (χ0n) is 23.0. The van der Waals surface area contributed by atoms with Gasteiger partial charge in [0, 0.05) is 25.1 Å². The topological polar surface area (TPSA) is 164 Å². The molecule has 1 aliphatic rings. The summed E-state index contributed by atoms with van der Waals surface area (Å²) in [6, 6.07) is 22.1. The van der Waals surface area contributed by atoms with E-state index in [9.17, 15) is 15.3 Å². The van der Waals surface area contributed by atoms with Crippen LogP contribution in [0.3, 0.4) is 0 Å². The fraction of sp³-hybridized carbons (Fsp3) is 0.333. The highest BCUT2D eigenvalue weighted by molar-refractivity contribution is 5.84. The molecule has 1 saturated heterocycles. The molecule has 12 heteroatoms. The summed E-state index contributed by atoms with van der Waals surface area (Å²) in [6.45, 7) is 2.59. The Bertz CT molecular complexity index is 1570. The van der Waals surface area contributed by atoms with E-state index in [1.165, 1.54) is 6.33 Å². The maximum atomic E-state index is 11.0. The number of aliphatic hydroxyl groups excluding tert-OH is 3. The van der Waals surface area contributed by atoms with Crippen LogP contribution in [0.2, 0.25) is 0 Å². The Morgan fingerprint density at radius 1 is 0.952 bits per heavy atom. The maximum Gasteiger partial charge on any atom is 0.226 e. The van der Waals surface area contributed by atoms with Crippen LogP contribution in [0.4, 0.5) is 11.8 Å². The van der Waals surface area contributed by atoms with Gasteiger partial charge >= 0.3 is 0 Å². The highest BCUT2D eigenvalue weighted by Crippen LogP contribution is 2.40. The predicted octanol–water partition coefficient (Wildman–Crippen LogP) is 3.02. The van der Waals surface area contributed by atoms with E-state index in [4.69, 9.17) is 9.26 Å². The molecule has 0 bridgehead atoms. The first-order chi connectivity index (χ1) is 20.6. The van der Waals surface area contributed by atoms with Crippen molar-refractivity contribution in [1.82, 2.24) is 24.7 Å². The number of anilines is 2. The molecular weight excluding hydrogens is 538 g/mol. The van der Waals surface area contributed by atoms with Crippen LogP contribution in [-0.4, -0.2) is 71.9 Å². The summed E-state index contributed by atoms with van der Waals surface area (Å²) in [5.74, 6) is 1.10. The SMILES string of the molecule is CCc1cc([C@H]2O[C@@H](n3cnc4c(NCC(c5ccccc5)c5ccccc5)nc(NCCO)nc43)[C@H](O)[C@@H]2O)on1. The van der Waals surface area contributed by atoms with E-state index in [0.717, 1.165) is 16.8 Å². The first kappa shape index (κ1) is 27.8. The lowest BCUT2D eigenvalue weighted by Gasteiger charge is -2.20. The average molecular weight is 572 g/mol. The molecule has 1 fully saturated rings. The third kappa shape index (κ3) is 5.44. The lowest BCUT2D eigenvalue weighted by molar-refractivity contribution is -0.0434. The third-order valence-corrected chi connectivity index (χ3v) is 7.43. The van der Waals surface area contributed by atoms with E-state index in [-0.39, 0.29) is 25.0 Å². The normalized spacial score (nSPS) is 20.4. The van der Waals surface area contributed by atoms with Crippen molar-refractivity contribution in [1.29, 1.82) is 0 Å². The number of ether oxygens (including phenoxy) is 1. The number of benzene rings is 2. The minimum Gasteiger partial charge on any atom is -0.395 e. The standard InChI is InChI=1S/C30H33N7O5/c1-2-20-15-22(42-36-20)26-24(39)25(40)29(41-26)37-17-33-23-27(34-30(31-13-14-38)35-28(23)37)32-16-21(18-9-5-3-6-10-18)19-11-7-4-8-12-19/h3-12,15,17,21,24-26,29,38-40H,2,13-14,16H2,1H3,(H2,31,32,34,35)/t24-,25+,26+,29+/m0/s1. The van der Waals surface area contributed by atoms with Crippen molar-refractivity contribution in [2.24, 2.45) is 0 Å². The molecule has 2 aromatic carbocycles. The average Bonchev–Trinajstić information content (AvgIpc) is 3.75. The summed E-state index contributed by atoms with van der Waals surface area (Å²) < 4.78 is 13.1. The van der Waals surface area contributed by atoms with Gasteiger partial charge in [-0.2, -0.15) is 9.97 Å². The number of nitrogens with one attached hydrogen (secondary N) is 2. The largest absolute Gasteiger partial charge is 0.395 e. The second-order valence-corrected chi connectivity index (χ2v) is 10.1. The summed E-state index contributed by atoms with van der Waals surface area (Å²) in [5.41, 5.74) is 3.86. The molecule has 3 aromatic heterocycles. The Hall–Kier alpha value is -4.36. The van der Waals surface area contributed by atoms with Crippen molar-refractivity contribution in [3.05, 3.63) is 95.6 Å². The minimum absolute atomic E-state index is 0.0270. The van der Waals surface area contributed by atoms with E-state index < -0.39 is 24.5 Å². The van der Waals surface area contributed by atoms with Crippen molar-refractivity contribution in [3.8, 4) is 0 Å². The molecule has 0 saturated carbocycles. The molecule has 0 radical (unpaired) electrons. The van der Waals surface area contributed by atoms with Gasteiger partial charge in [0.15, 0.2) is 29.0 Å². The molecule has 0 amide bonds. The molecule has 5 aromatic rings. The second-order valence-electron chi connectivity index (χ2n) is 10.1. The molecule has 6 rings (SSSR count). The lowest BCUT2D eigenvalue weighted by atomic mass is 9.91. The molecule has 0 aliphatic carbocycles. The minimum atomic E-state index is -1.29. The summed E-state index contributed by atoms with van der Waals surface area (Å²) in [5, 5.41) is 41.7. The first-order valence-corrected chi connectivity index (χ1v) is 14.0. The summed E-state index contributed by atoms with van der Waals surface area (Å²) in [6.07, 6.45) is -2.29.